The van der Waals surface area contributed by atoms with E-state index >= 15 is 0 Å². The van der Waals surface area contributed by atoms with Crippen molar-refractivity contribution in [1.82, 2.24) is 4.90 Å². The van der Waals surface area contributed by atoms with Crippen LogP contribution in [0.2, 0.25) is 0 Å². The van der Waals surface area contributed by atoms with Gasteiger partial charge >= 0.3 is 5.97 Å². The molecule has 1 aromatic carbocycles. The summed E-state index contributed by atoms with van der Waals surface area (Å²) in [5, 5.41) is 8.93. The van der Waals surface area contributed by atoms with Crippen LogP contribution in [-0.4, -0.2) is 34.0 Å². The van der Waals surface area contributed by atoms with E-state index in [2.05, 4.69) is 15.9 Å². The van der Waals surface area contributed by atoms with Gasteiger partial charge in [0.15, 0.2) is 0 Å². The number of carboxylic acid groups (broad SMARTS) is 1. The van der Waals surface area contributed by atoms with E-state index in [4.69, 9.17) is 5.11 Å². The largest absolute Gasteiger partial charge is 0.480 e. The summed E-state index contributed by atoms with van der Waals surface area (Å²) in [5.74, 6) is -1.35. The standard InChI is InChI=1S/C16H20BrNO3/c1-11-5-6-12(13(17)9-11)7-8-14(19)18(10-15(20)21)16(2,3)4/h5-9H,10H2,1-4H3,(H,20,21). The molecule has 5 heteroatoms. The summed E-state index contributed by atoms with van der Waals surface area (Å²) in [4.78, 5) is 24.5. The van der Waals surface area contributed by atoms with Crippen LogP contribution in [0, 0.1) is 6.92 Å². The fraction of sp³-hybridized carbons (Fsp3) is 0.375. The first-order valence-electron chi connectivity index (χ1n) is 6.59. The molecular formula is C16H20BrNO3. The average Bonchev–Trinajstić information content (AvgIpc) is 2.33. The molecule has 0 aliphatic heterocycles. The van der Waals surface area contributed by atoms with Crippen LogP contribution in [0.4, 0.5) is 0 Å². The van der Waals surface area contributed by atoms with Crippen molar-refractivity contribution in [2.24, 2.45) is 0 Å². The third-order valence-electron chi connectivity index (χ3n) is 2.93. The van der Waals surface area contributed by atoms with Crippen LogP contribution in [0.1, 0.15) is 31.9 Å². The van der Waals surface area contributed by atoms with E-state index in [1.807, 2.05) is 45.9 Å². The zero-order valence-corrected chi connectivity index (χ0v) is 14.3. The number of hydrogen-bond donors (Lipinski definition) is 1. The van der Waals surface area contributed by atoms with Gasteiger partial charge in [0.2, 0.25) is 5.91 Å². The number of aliphatic carboxylic acids is 1. The van der Waals surface area contributed by atoms with Crippen molar-refractivity contribution in [3.63, 3.8) is 0 Å². The Morgan fingerprint density at radius 3 is 2.43 bits per heavy atom. The highest BCUT2D eigenvalue weighted by Crippen LogP contribution is 2.20. The van der Waals surface area contributed by atoms with Gasteiger partial charge in [-0.3, -0.25) is 9.59 Å². The first-order chi connectivity index (χ1) is 9.61. The molecule has 4 nitrogen and oxygen atoms in total. The Balaban J connectivity index is 2.95. The number of carboxylic acids is 1. The monoisotopic (exact) mass is 353 g/mol. The molecule has 1 amide bonds. The third-order valence-corrected chi connectivity index (χ3v) is 3.62. The van der Waals surface area contributed by atoms with Crippen LogP contribution in [0.5, 0.6) is 0 Å². The Morgan fingerprint density at radius 2 is 1.95 bits per heavy atom. The normalized spacial score (nSPS) is 11.7. The summed E-state index contributed by atoms with van der Waals surface area (Å²) in [6.07, 6.45) is 3.09. The summed E-state index contributed by atoms with van der Waals surface area (Å²) in [6, 6.07) is 5.82. The van der Waals surface area contributed by atoms with E-state index in [-0.39, 0.29) is 12.5 Å². The van der Waals surface area contributed by atoms with E-state index < -0.39 is 11.5 Å². The summed E-state index contributed by atoms with van der Waals surface area (Å²) in [5.41, 5.74) is 1.44. The molecule has 1 aromatic rings. The lowest BCUT2D eigenvalue weighted by atomic mass is 10.1. The molecule has 1 rings (SSSR count). The van der Waals surface area contributed by atoms with Crippen molar-refractivity contribution in [2.75, 3.05) is 6.54 Å². The van der Waals surface area contributed by atoms with Crippen molar-refractivity contribution in [3.05, 3.63) is 39.9 Å². The van der Waals surface area contributed by atoms with Gasteiger partial charge in [0, 0.05) is 16.1 Å². The number of amides is 1. The number of rotatable bonds is 4. The van der Waals surface area contributed by atoms with Gasteiger partial charge in [-0.15, -0.1) is 0 Å². The zero-order chi connectivity index (χ0) is 16.2. The van der Waals surface area contributed by atoms with Crippen molar-refractivity contribution in [3.8, 4) is 0 Å². The molecule has 0 unspecified atom stereocenters. The van der Waals surface area contributed by atoms with Gasteiger partial charge in [0.1, 0.15) is 6.54 Å². The smallest absolute Gasteiger partial charge is 0.323 e. The third kappa shape index (κ3) is 5.34. The first-order valence-corrected chi connectivity index (χ1v) is 7.38. The number of aryl methyl sites for hydroxylation is 1. The Bertz CT molecular complexity index is 573. The Morgan fingerprint density at radius 1 is 1.33 bits per heavy atom. The quantitative estimate of drug-likeness (QED) is 0.843. The van der Waals surface area contributed by atoms with Gasteiger partial charge < -0.3 is 10.0 Å². The number of hydrogen-bond acceptors (Lipinski definition) is 2. The predicted molar refractivity (Wildman–Crippen MR) is 87.0 cm³/mol. The SMILES string of the molecule is Cc1ccc(C=CC(=O)N(CC(=O)O)C(C)(C)C)c(Br)c1. The summed E-state index contributed by atoms with van der Waals surface area (Å²) < 4.78 is 0.895. The maximum Gasteiger partial charge on any atom is 0.323 e. The van der Waals surface area contributed by atoms with Crippen LogP contribution >= 0.6 is 15.9 Å². The zero-order valence-electron chi connectivity index (χ0n) is 12.7. The van der Waals surface area contributed by atoms with Crippen molar-refractivity contribution in [1.29, 1.82) is 0 Å². The Hall–Kier alpha value is -1.62. The molecule has 0 bridgehead atoms. The highest BCUT2D eigenvalue weighted by molar-refractivity contribution is 9.10. The van der Waals surface area contributed by atoms with E-state index in [9.17, 15) is 9.59 Å². The molecule has 0 heterocycles. The van der Waals surface area contributed by atoms with Crippen molar-refractivity contribution in [2.45, 2.75) is 33.2 Å². The molecule has 1 N–H and O–H groups in total. The average molecular weight is 354 g/mol. The first kappa shape index (κ1) is 17.4. The summed E-state index contributed by atoms with van der Waals surface area (Å²) in [7, 11) is 0. The molecule has 21 heavy (non-hydrogen) atoms. The molecule has 114 valence electrons. The van der Waals surface area contributed by atoms with Gasteiger partial charge in [-0.2, -0.15) is 0 Å². The van der Waals surface area contributed by atoms with Gasteiger partial charge in [-0.25, -0.2) is 0 Å². The number of benzene rings is 1. The maximum atomic E-state index is 12.2. The van der Waals surface area contributed by atoms with Crippen LogP contribution in [0.15, 0.2) is 28.7 Å². The Kier molecular flexibility index (Phi) is 5.72. The molecule has 0 aromatic heterocycles. The van der Waals surface area contributed by atoms with Crippen molar-refractivity contribution >= 4 is 33.9 Å². The van der Waals surface area contributed by atoms with Crippen LogP contribution in [0.3, 0.4) is 0 Å². The predicted octanol–water partition coefficient (Wildman–Crippen LogP) is 3.48. The second-order valence-electron chi connectivity index (χ2n) is 5.85. The molecule has 0 aliphatic carbocycles. The maximum absolute atomic E-state index is 12.2. The van der Waals surface area contributed by atoms with Crippen molar-refractivity contribution < 1.29 is 14.7 Å². The minimum atomic E-state index is -1.02. The molecule has 0 aliphatic rings. The molecule has 0 radical (unpaired) electrons. The van der Waals surface area contributed by atoms with E-state index in [0.29, 0.717) is 0 Å². The highest BCUT2D eigenvalue weighted by atomic mass is 79.9. The van der Waals surface area contributed by atoms with Gasteiger partial charge in [0.05, 0.1) is 0 Å². The number of carbonyl (C=O) groups is 2. The lowest BCUT2D eigenvalue weighted by Crippen LogP contribution is -2.47. The lowest BCUT2D eigenvalue weighted by molar-refractivity contribution is -0.145. The van der Waals surface area contributed by atoms with Crippen LogP contribution in [-0.2, 0) is 9.59 Å². The van der Waals surface area contributed by atoms with Gasteiger partial charge in [-0.05, 0) is 51.0 Å². The lowest BCUT2D eigenvalue weighted by Gasteiger charge is -2.33. The summed E-state index contributed by atoms with van der Waals surface area (Å²) >= 11 is 3.44. The molecule has 0 saturated carbocycles. The van der Waals surface area contributed by atoms with E-state index in [1.54, 1.807) is 6.08 Å². The molecule has 0 saturated heterocycles. The highest BCUT2D eigenvalue weighted by Gasteiger charge is 2.26. The second kappa shape index (κ2) is 6.89. The summed E-state index contributed by atoms with van der Waals surface area (Å²) in [6.45, 7) is 7.09. The Labute approximate surface area is 133 Å². The fourth-order valence-electron chi connectivity index (χ4n) is 1.80. The number of halogens is 1. The molecule has 0 fully saturated rings. The topological polar surface area (TPSA) is 57.6 Å². The number of nitrogens with zero attached hydrogens (tertiary/aromatic N) is 1. The molecule has 0 atom stereocenters. The fourth-order valence-corrected chi connectivity index (χ4v) is 2.42. The minimum Gasteiger partial charge on any atom is -0.480 e. The molecular weight excluding hydrogens is 334 g/mol. The van der Waals surface area contributed by atoms with E-state index in [0.717, 1.165) is 15.6 Å². The van der Waals surface area contributed by atoms with Crippen LogP contribution in [0.25, 0.3) is 6.08 Å². The van der Waals surface area contributed by atoms with E-state index in [1.165, 1.54) is 11.0 Å². The number of carbonyl (C=O) groups excluding carboxylic acids is 1. The van der Waals surface area contributed by atoms with Crippen LogP contribution < -0.4 is 0 Å². The molecule has 0 spiro atoms. The van der Waals surface area contributed by atoms with Gasteiger partial charge in [-0.1, -0.05) is 28.1 Å². The minimum absolute atomic E-state index is 0.318. The van der Waals surface area contributed by atoms with Gasteiger partial charge in [0.25, 0.3) is 0 Å². The second-order valence-corrected chi connectivity index (χ2v) is 6.70.